The van der Waals surface area contributed by atoms with Gasteiger partial charge in [-0.2, -0.15) is 9.66 Å². The van der Waals surface area contributed by atoms with Crippen LogP contribution in [-0.4, -0.2) is 15.2 Å². The Bertz CT molecular complexity index is 533. The van der Waals surface area contributed by atoms with Gasteiger partial charge in [-0.05, 0) is 38.5 Å². The molecule has 0 amide bonds. The molecule has 18 heavy (non-hydrogen) atoms. The molecular formula is C12H12F2N2OS. The zero-order valence-electron chi connectivity index (χ0n) is 10.2. The third-order valence-electron chi connectivity index (χ3n) is 2.00. The molecule has 6 heteroatoms. The molecular weight excluding hydrogens is 258 g/mol. The zero-order valence-corrected chi connectivity index (χ0v) is 11.0. The van der Waals surface area contributed by atoms with Crippen LogP contribution in [0.1, 0.15) is 31.9 Å². The summed E-state index contributed by atoms with van der Waals surface area (Å²) in [6, 6.07) is 3.38. The van der Waals surface area contributed by atoms with Crippen LogP contribution in [0.15, 0.2) is 16.5 Å². The van der Waals surface area contributed by atoms with E-state index in [1.807, 2.05) is 0 Å². The lowest BCUT2D eigenvalue weighted by atomic mass is 10.1. The third kappa shape index (κ3) is 3.44. The van der Waals surface area contributed by atoms with Gasteiger partial charge in [-0.15, -0.1) is 0 Å². The normalized spacial score (nSPS) is 13.6. The Kier molecular flexibility index (Phi) is 4.30. The van der Waals surface area contributed by atoms with Gasteiger partial charge in [0.2, 0.25) is 0 Å². The van der Waals surface area contributed by atoms with E-state index in [1.54, 1.807) is 20.8 Å². The van der Waals surface area contributed by atoms with Crippen molar-refractivity contribution in [1.29, 1.82) is 5.26 Å². The van der Waals surface area contributed by atoms with Crippen LogP contribution < -0.4 is 0 Å². The van der Waals surface area contributed by atoms with E-state index in [-0.39, 0.29) is 5.56 Å². The van der Waals surface area contributed by atoms with E-state index in [9.17, 15) is 13.0 Å². The number of halogens is 2. The first-order chi connectivity index (χ1) is 8.25. The van der Waals surface area contributed by atoms with E-state index >= 15 is 0 Å². The zero-order chi connectivity index (χ0) is 13.9. The third-order valence-corrected chi connectivity index (χ3v) is 3.34. The fraction of sp³-hybridized carbons (Fsp3) is 0.333. The second-order valence-corrected chi connectivity index (χ2v) is 6.50. The smallest absolute Gasteiger partial charge is 0.144 e. The number of nitrogens with zero attached hydrogens (tertiary/aromatic N) is 2. The van der Waals surface area contributed by atoms with Crippen molar-refractivity contribution in [3.05, 3.63) is 34.9 Å². The summed E-state index contributed by atoms with van der Waals surface area (Å²) in [6.07, 6.45) is 1.13. The van der Waals surface area contributed by atoms with E-state index in [4.69, 9.17) is 5.26 Å². The molecule has 0 heterocycles. The summed E-state index contributed by atoms with van der Waals surface area (Å²) < 4.78 is 41.3. The number of hydrogen-bond acceptors (Lipinski definition) is 2. The Morgan fingerprint density at radius 2 is 1.83 bits per heavy atom. The molecule has 1 atom stereocenters. The highest BCUT2D eigenvalue weighted by Gasteiger charge is 2.18. The minimum absolute atomic E-state index is 0.126. The Morgan fingerprint density at radius 1 is 1.33 bits per heavy atom. The average Bonchev–Trinajstić information content (AvgIpc) is 2.24. The van der Waals surface area contributed by atoms with Gasteiger partial charge in [-0.1, -0.05) is 0 Å². The summed E-state index contributed by atoms with van der Waals surface area (Å²) in [4.78, 5) is 0. The van der Waals surface area contributed by atoms with Crippen molar-refractivity contribution in [3.63, 3.8) is 0 Å². The molecule has 0 aliphatic heterocycles. The monoisotopic (exact) mass is 270 g/mol. The van der Waals surface area contributed by atoms with Crippen LogP contribution in [0.2, 0.25) is 0 Å². The lowest BCUT2D eigenvalue weighted by molar-refractivity contribution is 0.576. The standard InChI is InChI=1S/C12H12F2N2OS/c1-12(2,3)18(17)16-7-8-4-10(13)9(6-15)11(14)5-8/h4-5,7H,1-3H3/b16-7+/t18-/m1/s1. The van der Waals surface area contributed by atoms with Gasteiger partial charge in [0.25, 0.3) is 0 Å². The topological polar surface area (TPSA) is 53.2 Å². The van der Waals surface area contributed by atoms with E-state index in [1.165, 1.54) is 6.07 Å². The molecule has 0 fully saturated rings. The fourth-order valence-corrected chi connectivity index (χ4v) is 1.57. The summed E-state index contributed by atoms with van der Waals surface area (Å²) in [5.74, 6) is -1.92. The maximum Gasteiger partial charge on any atom is 0.144 e. The van der Waals surface area contributed by atoms with Gasteiger partial charge >= 0.3 is 0 Å². The number of benzene rings is 1. The van der Waals surface area contributed by atoms with Crippen molar-refractivity contribution < 1.29 is 13.0 Å². The van der Waals surface area contributed by atoms with Gasteiger partial charge < -0.3 is 0 Å². The quantitative estimate of drug-likeness (QED) is 0.776. The van der Waals surface area contributed by atoms with Crippen LogP contribution in [0.4, 0.5) is 8.78 Å². The molecule has 1 aromatic carbocycles. The summed E-state index contributed by atoms with van der Waals surface area (Å²) >= 11 is 0. The molecule has 1 rings (SSSR count). The molecule has 0 spiro atoms. The molecule has 3 nitrogen and oxygen atoms in total. The van der Waals surface area contributed by atoms with Crippen molar-refractivity contribution in [1.82, 2.24) is 0 Å². The molecule has 1 aromatic rings. The molecule has 0 aliphatic rings. The van der Waals surface area contributed by atoms with E-state index in [0.29, 0.717) is 0 Å². The first-order valence-electron chi connectivity index (χ1n) is 5.11. The van der Waals surface area contributed by atoms with Crippen molar-refractivity contribution in [2.45, 2.75) is 25.5 Å². The van der Waals surface area contributed by atoms with Gasteiger partial charge in [0, 0.05) is 6.21 Å². The molecule has 0 bridgehead atoms. The van der Waals surface area contributed by atoms with Crippen LogP contribution in [0, 0.1) is 23.0 Å². The molecule has 0 N–H and O–H groups in total. The van der Waals surface area contributed by atoms with E-state index < -0.39 is 32.9 Å². The van der Waals surface area contributed by atoms with E-state index in [2.05, 4.69) is 4.40 Å². The van der Waals surface area contributed by atoms with Crippen LogP contribution in [0.25, 0.3) is 0 Å². The Hall–Kier alpha value is -1.61. The molecule has 0 radical (unpaired) electrons. The highest BCUT2D eigenvalue weighted by atomic mass is 32.2. The minimum atomic E-state index is -1.50. The predicted octanol–water partition coefficient (Wildman–Crippen LogP) is 2.72. The van der Waals surface area contributed by atoms with Gasteiger partial charge in [0.1, 0.15) is 34.3 Å². The SMILES string of the molecule is CC(C)(C)[S@@](=O)/N=C/c1cc(F)c(C#N)c(F)c1. The molecule has 0 unspecified atom stereocenters. The Labute approximate surface area is 107 Å². The highest BCUT2D eigenvalue weighted by Crippen LogP contribution is 2.15. The molecule has 96 valence electrons. The summed E-state index contributed by atoms with van der Waals surface area (Å²) in [5.41, 5.74) is -0.509. The summed E-state index contributed by atoms with van der Waals surface area (Å²) in [6.45, 7) is 5.21. The minimum Gasteiger partial charge on any atom is -0.234 e. The second kappa shape index (κ2) is 5.36. The highest BCUT2D eigenvalue weighted by molar-refractivity contribution is 7.85. The first-order valence-corrected chi connectivity index (χ1v) is 6.21. The maximum absolute atomic E-state index is 13.3. The first kappa shape index (κ1) is 14.5. The van der Waals surface area contributed by atoms with Crippen molar-refractivity contribution in [2.24, 2.45) is 4.40 Å². The lowest BCUT2D eigenvalue weighted by Crippen LogP contribution is -2.19. The van der Waals surface area contributed by atoms with Gasteiger partial charge in [-0.3, -0.25) is 0 Å². The van der Waals surface area contributed by atoms with Crippen molar-refractivity contribution in [2.75, 3.05) is 0 Å². The van der Waals surface area contributed by atoms with Crippen molar-refractivity contribution in [3.8, 4) is 6.07 Å². The maximum atomic E-state index is 13.3. The summed E-state index contributed by atoms with van der Waals surface area (Å²) in [5, 5.41) is 8.50. The second-order valence-electron chi connectivity index (χ2n) is 4.57. The van der Waals surface area contributed by atoms with Crippen LogP contribution >= 0.6 is 0 Å². The predicted molar refractivity (Wildman–Crippen MR) is 66.6 cm³/mol. The van der Waals surface area contributed by atoms with Gasteiger partial charge in [0.05, 0.1) is 4.75 Å². The molecule has 0 saturated carbocycles. The van der Waals surface area contributed by atoms with Gasteiger partial charge in [0.15, 0.2) is 0 Å². The number of rotatable bonds is 2. The Balaban J connectivity index is 3.05. The van der Waals surface area contributed by atoms with Crippen molar-refractivity contribution >= 4 is 17.2 Å². The van der Waals surface area contributed by atoms with Crippen LogP contribution in [-0.2, 0) is 11.0 Å². The summed E-state index contributed by atoms with van der Waals surface area (Å²) in [7, 11) is -1.50. The number of hydrogen-bond donors (Lipinski definition) is 0. The van der Waals surface area contributed by atoms with Crippen LogP contribution in [0.3, 0.4) is 0 Å². The Morgan fingerprint density at radius 3 is 2.22 bits per heavy atom. The van der Waals surface area contributed by atoms with Crippen LogP contribution in [0.5, 0.6) is 0 Å². The fourth-order valence-electron chi connectivity index (χ4n) is 1.04. The van der Waals surface area contributed by atoms with Gasteiger partial charge in [-0.25, -0.2) is 13.0 Å². The average molecular weight is 270 g/mol. The largest absolute Gasteiger partial charge is 0.234 e. The van der Waals surface area contributed by atoms with E-state index in [0.717, 1.165) is 18.3 Å². The molecule has 0 saturated heterocycles. The molecule has 0 aliphatic carbocycles. The molecule has 0 aromatic heterocycles. The number of nitriles is 1. The lowest BCUT2D eigenvalue weighted by Gasteiger charge is -2.12.